The molecule has 1 amide bonds. The second-order valence-corrected chi connectivity index (χ2v) is 8.13. The van der Waals surface area contributed by atoms with Crippen molar-refractivity contribution in [2.24, 2.45) is 0 Å². The van der Waals surface area contributed by atoms with Crippen LogP contribution in [0, 0.1) is 6.92 Å². The minimum absolute atomic E-state index is 0.0744. The zero-order valence-corrected chi connectivity index (χ0v) is 18.1. The molecule has 3 aromatic rings. The quantitative estimate of drug-likeness (QED) is 0.355. The van der Waals surface area contributed by atoms with Gasteiger partial charge >= 0.3 is 0 Å². The van der Waals surface area contributed by atoms with Gasteiger partial charge in [-0.05, 0) is 37.1 Å². The fourth-order valence-corrected chi connectivity index (χ4v) is 4.25. The van der Waals surface area contributed by atoms with Gasteiger partial charge in [-0.15, -0.1) is 0 Å². The lowest BCUT2D eigenvalue weighted by molar-refractivity contribution is -0.139. The molecule has 0 radical (unpaired) electrons. The largest absolute Gasteiger partial charge is 0.507 e. The van der Waals surface area contributed by atoms with Crippen molar-refractivity contribution in [3.63, 3.8) is 0 Å². The van der Waals surface area contributed by atoms with Gasteiger partial charge in [-0.3, -0.25) is 9.59 Å². The third-order valence-electron chi connectivity index (χ3n) is 5.95. The van der Waals surface area contributed by atoms with Crippen LogP contribution in [0.3, 0.4) is 0 Å². The summed E-state index contributed by atoms with van der Waals surface area (Å²) in [5, 5.41) is 11.2. The normalized spacial score (nSPS) is 18.8. The number of benzene rings is 2. The van der Waals surface area contributed by atoms with E-state index in [-0.39, 0.29) is 18.1 Å². The first kappa shape index (κ1) is 20.8. The van der Waals surface area contributed by atoms with Crippen molar-refractivity contribution in [1.82, 2.24) is 14.5 Å². The molecule has 8 heteroatoms. The highest BCUT2D eigenvalue weighted by atomic mass is 16.7. The molecular weight excluding hydrogens is 422 g/mol. The van der Waals surface area contributed by atoms with Crippen molar-refractivity contribution >= 4 is 17.4 Å². The van der Waals surface area contributed by atoms with Crippen molar-refractivity contribution in [3.8, 4) is 11.5 Å². The molecule has 0 spiro atoms. The Morgan fingerprint density at radius 2 is 1.88 bits per heavy atom. The Morgan fingerprint density at radius 3 is 2.64 bits per heavy atom. The zero-order valence-electron chi connectivity index (χ0n) is 18.1. The Bertz CT molecular complexity index is 1230. The van der Waals surface area contributed by atoms with Gasteiger partial charge in [0, 0.05) is 31.0 Å². The van der Waals surface area contributed by atoms with E-state index in [9.17, 15) is 14.7 Å². The Hall–Kier alpha value is -4.07. The van der Waals surface area contributed by atoms with E-state index in [1.54, 1.807) is 35.6 Å². The third kappa shape index (κ3) is 3.84. The summed E-state index contributed by atoms with van der Waals surface area (Å²) >= 11 is 0. The predicted molar refractivity (Wildman–Crippen MR) is 120 cm³/mol. The third-order valence-corrected chi connectivity index (χ3v) is 5.95. The van der Waals surface area contributed by atoms with E-state index in [1.165, 1.54) is 0 Å². The molecule has 5 rings (SSSR count). The van der Waals surface area contributed by atoms with Crippen LogP contribution in [-0.4, -0.2) is 44.6 Å². The number of fused-ring (bicyclic) bond motifs is 1. The Kier molecular flexibility index (Phi) is 5.34. The molecule has 3 heterocycles. The number of ether oxygens (including phenoxy) is 2. The van der Waals surface area contributed by atoms with E-state index in [0.717, 1.165) is 11.1 Å². The zero-order chi connectivity index (χ0) is 22.9. The van der Waals surface area contributed by atoms with Gasteiger partial charge in [-0.2, -0.15) is 0 Å². The lowest BCUT2D eigenvalue weighted by Gasteiger charge is -2.25. The number of likely N-dealkylation sites (tertiary alicyclic amines) is 1. The summed E-state index contributed by atoms with van der Waals surface area (Å²) in [5.74, 6) is -0.483. The number of nitrogens with zero attached hydrogens (tertiary/aromatic N) is 3. The second-order valence-electron chi connectivity index (χ2n) is 8.13. The molecule has 33 heavy (non-hydrogen) atoms. The van der Waals surface area contributed by atoms with Gasteiger partial charge in [-0.1, -0.05) is 29.8 Å². The highest BCUT2D eigenvalue weighted by Crippen LogP contribution is 2.41. The molecule has 1 saturated heterocycles. The Labute approximate surface area is 190 Å². The lowest BCUT2D eigenvalue weighted by atomic mass is 9.94. The molecule has 0 bridgehead atoms. The van der Waals surface area contributed by atoms with Gasteiger partial charge in [0.2, 0.25) is 6.79 Å². The number of carbonyl (C=O) groups excluding carboxylic acids is 2. The number of ketones is 1. The number of aromatic nitrogens is 2. The molecule has 1 N–H and O–H groups in total. The number of aliphatic hydroxyl groups is 1. The summed E-state index contributed by atoms with van der Waals surface area (Å²) in [7, 11) is 0. The first-order valence-corrected chi connectivity index (χ1v) is 10.7. The fourth-order valence-electron chi connectivity index (χ4n) is 4.25. The number of aryl methyl sites for hydroxylation is 2. The van der Waals surface area contributed by atoms with Gasteiger partial charge < -0.3 is 24.0 Å². The minimum Gasteiger partial charge on any atom is -0.507 e. The summed E-state index contributed by atoms with van der Waals surface area (Å²) in [6.45, 7) is 3.09. The number of carbonyl (C=O) groups is 2. The summed E-state index contributed by atoms with van der Waals surface area (Å²) in [4.78, 5) is 31.8. The number of rotatable bonds is 6. The van der Waals surface area contributed by atoms with Gasteiger partial charge in [0.15, 0.2) is 11.5 Å². The highest BCUT2D eigenvalue weighted by Gasteiger charge is 2.45. The molecule has 0 aliphatic carbocycles. The summed E-state index contributed by atoms with van der Waals surface area (Å²) < 4.78 is 12.7. The Morgan fingerprint density at radius 1 is 1.09 bits per heavy atom. The summed E-state index contributed by atoms with van der Waals surface area (Å²) in [5.41, 5.74) is 2.30. The second kappa shape index (κ2) is 8.46. The molecule has 1 fully saturated rings. The Balaban J connectivity index is 1.53. The van der Waals surface area contributed by atoms with Crippen LogP contribution in [-0.2, 0) is 16.1 Å². The van der Waals surface area contributed by atoms with E-state index in [1.807, 2.05) is 42.0 Å². The molecule has 0 saturated carbocycles. The van der Waals surface area contributed by atoms with Gasteiger partial charge in [-0.25, -0.2) is 4.98 Å². The number of Topliss-reactive ketones (excluding diaryl/α,β-unsaturated/α-hetero) is 1. The SMILES string of the molecule is Cc1ccc([C@@H]2C(=C(O)c3ccc4c(c3)OCO4)C(=O)C(=O)N2CCCn2ccnc2)cc1. The molecule has 0 unspecified atom stereocenters. The van der Waals surface area contributed by atoms with Crippen molar-refractivity contribution < 1.29 is 24.2 Å². The smallest absolute Gasteiger partial charge is 0.295 e. The number of hydrogen-bond donors (Lipinski definition) is 1. The average molecular weight is 445 g/mol. The van der Waals surface area contributed by atoms with E-state index in [2.05, 4.69) is 4.98 Å². The van der Waals surface area contributed by atoms with Gasteiger partial charge in [0.1, 0.15) is 5.76 Å². The molecule has 2 aliphatic rings. The van der Waals surface area contributed by atoms with Crippen LogP contribution in [0.4, 0.5) is 0 Å². The number of amides is 1. The molecule has 1 aromatic heterocycles. The lowest BCUT2D eigenvalue weighted by Crippen LogP contribution is -2.31. The van der Waals surface area contributed by atoms with Crippen LogP contribution in [0.5, 0.6) is 11.5 Å². The molecule has 1 atom stereocenters. The molecular formula is C25H23N3O5. The molecule has 2 aliphatic heterocycles. The van der Waals surface area contributed by atoms with Crippen LogP contribution in [0.15, 0.2) is 66.8 Å². The maximum absolute atomic E-state index is 13.1. The van der Waals surface area contributed by atoms with Crippen LogP contribution in [0.2, 0.25) is 0 Å². The van der Waals surface area contributed by atoms with Crippen molar-refractivity contribution in [2.75, 3.05) is 13.3 Å². The van der Waals surface area contributed by atoms with Gasteiger partial charge in [0.05, 0.1) is 17.9 Å². The highest BCUT2D eigenvalue weighted by molar-refractivity contribution is 6.46. The maximum atomic E-state index is 13.1. The first-order valence-electron chi connectivity index (χ1n) is 10.7. The van der Waals surface area contributed by atoms with Crippen molar-refractivity contribution in [2.45, 2.75) is 25.9 Å². The molecule has 2 aromatic carbocycles. The van der Waals surface area contributed by atoms with Crippen LogP contribution >= 0.6 is 0 Å². The summed E-state index contributed by atoms with van der Waals surface area (Å²) in [6, 6.07) is 11.9. The van der Waals surface area contributed by atoms with Crippen LogP contribution in [0.1, 0.15) is 29.2 Å². The molecule has 8 nitrogen and oxygen atoms in total. The van der Waals surface area contributed by atoms with E-state index in [0.29, 0.717) is 36.6 Å². The van der Waals surface area contributed by atoms with E-state index >= 15 is 0 Å². The number of hydrogen-bond acceptors (Lipinski definition) is 6. The van der Waals surface area contributed by atoms with E-state index < -0.39 is 17.7 Å². The predicted octanol–water partition coefficient (Wildman–Crippen LogP) is 3.43. The molecule has 168 valence electrons. The van der Waals surface area contributed by atoms with Crippen molar-refractivity contribution in [3.05, 3.63) is 83.4 Å². The van der Waals surface area contributed by atoms with Crippen LogP contribution < -0.4 is 9.47 Å². The van der Waals surface area contributed by atoms with Gasteiger partial charge in [0.25, 0.3) is 11.7 Å². The minimum atomic E-state index is -0.696. The van der Waals surface area contributed by atoms with E-state index in [4.69, 9.17) is 9.47 Å². The monoisotopic (exact) mass is 445 g/mol. The number of aliphatic hydroxyl groups excluding tert-OH is 1. The standard InChI is InChI=1S/C25H23N3O5/c1-16-3-5-17(6-4-16)22-21(23(29)18-7-8-19-20(13-18)33-15-32-19)24(30)25(31)28(22)11-2-10-27-12-9-26-14-27/h3-9,12-14,22,29H,2,10-11,15H2,1H3/t22-/m1/s1. The first-order chi connectivity index (χ1) is 16.0. The topological polar surface area (TPSA) is 93.9 Å². The summed E-state index contributed by atoms with van der Waals surface area (Å²) in [6.07, 6.45) is 5.90. The number of imidazole rings is 1. The van der Waals surface area contributed by atoms with Crippen molar-refractivity contribution in [1.29, 1.82) is 0 Å². The van der Waals surface area contributed by atoms with Crippen LogP contribution in [0.25, 0.3) is 5.76 Å². The fraction of sp³-hybridized carbons (Fsp3) is 0.240. The maximum Gasteiger partial charge on any atom is 0.295 e. The average Bonchev–Trinajstić information content (AvgIpc) is 3.56.